The maximum Gasteiger partial charge on any atom is 0.311 e. The molecular weight excluding hydrogens is 460 g/mol. The highest BCUT2D eigenvalue weighted by Gasteiger charge is 2.30. The van der Waals surface area contributed by atoms with Crippen LogP contribution < -0.4 is 11.1 Å². The lowest BCUT2D eigenvalue weighted by Crippen LogP contribution is -2.32. The number of esters is 1. The summed E-state index contributed by atoms with van der Waals surface area (Å²) in [5, 5.41) is 25.6. The number of hydrogen-bond donors (Lipinski definition) is 3. The summed E-state index contributed by atoms with van der Waals surface area (Å²) in [4.78, 5) is 31.6. The maximum absolute atomic E-state index is 12.1. The van der Waals surface area contributed by atoms with E-state index in [0.717, 1.165) is 39.9 Å². The zero-order valence-corrected chi connectivity index (χ0v) is 19.1. The minimum Gasteiger partial charge on any atom is -0.435 e. The number of carbonyl (C=O) groups is 1. The van der Waals surface area contributed by atoms with E-state index < -0.39 is 23.6 Å². The second-order valence-electron chi connectivity index (χ2n) is 8.22. The van der Waals surface area contributed by atoms with E-state index in [1.807, 2.05) is 12.1 Å². The first kappa shape index (κ1) is 23.9. The van der Waals surface area contributed by atoms with Crippen molar-refractivity contribution in [2.75, 3.05) is 11.9 Å². The van der Waals surface area contributed by atoms with E-state index in [2.05, 4.69) is 15.1 Å². The smallest absolute Gasteiger partial charge is 0.311 e. The van der Waals surface area contributed by atoms with Gasteiger partial charge in [-0.25, -0.2) is 0 Å². The van der Waals surface area contributed by atoms with Crippen molar-refractivity contribution in [3.63, 3.8) is 0 Å². The Morgan fingerprint density at radius 2 is 2.09 bits per heavy atom. The van der Waals surface area contributed by atoms with Gasteiger partial charge in [-0.15, -0.1) is 21.5 Å². The molecule has 1 aromatic carbocycles. The fourth-order valence-corrected chi connectivity index (χ4v) is 4.77. The van der Waals surface area contributed by atoms with Crippen LogP contribution in [0.5, 0.6) is 0 Å². The van der Waals surface area contributed by atoms with E-state index in [0.29, 0.717) is 5.56 Å². The largest absolute Gasteiger partial charge is 0.435 e. The van der Waals surface area contributed by atoms with Crippen LogP contribution in [0.3, 0.4) is 0 Å². The highest BCUT2D eigenvalue weighted by Crippen LogP contribution is 2.31. The Bertz CT molecular complexity index is 1100. The molecule has 1 saturated carbocycles. The summed E-state index contributed by atoms with van der Waals surface area (Å²) >= 11 is 1.49. The average Bonchev–Trinajstić information content (AvgIpc) is 3.16. The molecule has 2 heterocycles. The molecule has 11 heteroatoms. The van der Waals surface area contributed by atoms with Gasteiger partial charge < -0.3 is 20.9 Å². The van der Waals surface area contributed by atoms with Crippen molar-refractivity contribution in [3.8, 4) is 0 Å². The highest BCUT2D eigenvalue weighted by atomic mass is 32.1. The molecule has 0 unspecified atom stereocenters. The number of thiophene rings is 1. The normalized spacial score (nSPS) is 16.3. The number of benzene rings is 1. The Morgan fingerprint density at radius 1 is 1.32 bits per heavy atom. The van der Waals surface area contributed by atoms with Gasteiger partial charge in [0.15, 0.2) is 0 Å². The van der Waals surface area contributed by atoms with Crippen molar-refractivity contribution in [2.24, 2.45) is 11.7 Å². The monoisotopic (exact) mass is 486 g/mol. The number of rotatable bonds is 11. The number of nitrogens with two attached hydrogens (primary N) is 1. The third kappa shape index (κ3) is 5.79. The molecule has 3 atom stereocenters. The van der Waals surface area contributed by atoms with Gasteiger partial charge in [-0.1, -0.05) is 30.7 Å². The fraction of sp³-hybridized carbons (Fsp3) is 0.391. The number of aliphatic hydroxyl groups is 1. The summed E-state index contributed by atoms with van der Waals surface area (Å²) in [6.07, 6.45) is 3.70. The van der Waals surface area contributed by atoms with E-state index in [1.165, 1.54) is 11.3 Å². The van der Waals surface area contributed by atoms with Gasteiger partial charge in [0, 0.05) is 31.3 Å². The standard InChI is InChI=1S/C23H26N4O6S/c24-12-18(22(28)26-20-11-17-8-9-25-13-19(17)34-20)15-6-4-14(5-7-15)10-21(33-27(30)31)32-23(29)16-2-1-3-16/h4-9,11,13,16,18,21-22,26,28H,1-3,10,12,24H2/t18-,21+,22+/m1/s1. The number of aromatic nitrogens is 1. The lowest BCUT2D eigenvalue weighted by molar-refractivity contribution is -0.778. The number of ether oxygens (including phenoxy) is 1. The van der Waals surface area contributed by atoms with Crippen LogP contribution in [0.2, 0.25) is 0 Å². The van der Waals surface area contributed by atoms with Crippen molar-refractivity contribution >= 4 is 32.4 Å². The van der Waals surface area contributed by atoms with Crippen LogP contribution >= 0.6 is 11.3 Å². The zero-order chi connectivity index (χ0) is 24.1. The predicted octanol–water partition coefficient (Wildman–Crippen LogP) is 3.19. The van der Waals surface area contributed by atoms with Gasteiger partial charge >= 0.3 is 5.97 Å². The average molecular weight is 487 g/mol. The fourth-order valence-electron chi connectivity index (χ4n) is 3.81. The summed E-state index contributed by atoms with van der Waals surface area (Å²) < 4.78 is 6.23. The Labute approximate surface area is 199 Å². The molecule has 1 aliphatic carbocycles. The van der Waals surface area contributed by atoms with Gasteiger partial charge in [0.05, 0.1) is 15.6 Å². The van der Waals surface area contributed by atoms with E-state index in [4.69, 9.17) is 10.5 Å². The third-order valence-corrected chi connectivity index (χ3v) is 6.96. The lowest BCUT2D eigenvalue weighted by Gasteiger charge is -2.26. The molecule has 1 fully saturated rings. The van der Waals surface area contributed by atoms with Gasteiger partial charge in [0.1, 0.15) is 6.23 Å². The number of carbonyl (C=O) groups excluding carboxylic acids is 1. The van der Waals surface area contributed by atoms with Crippen molar-refractivity contribution < 1.29 is 24.6 Å². The van der Waals surface area contributed by atoms with Gasteiger partial charge in [0.25, 0.3) is 11.4 Å². The molecule has 0 amide bonds. The number of fused-ring (bicyclic) bond motifs is 1. The number of nitrogens with one attached hydrogen (secondary N) is 1. The van der Waals surface area contributed by atoms with Gasteiger partial charge in [-0.05, 0) is 41.5 Å². The van der Waals surface area contributed by atoms with Gasteiger partial charge in [-0.3, -0.25) is 14.6 Å². The van der Waals surface area contributed by atoms with Crippen molar-refractivity contribution in [3.05, 3.63) is 70.0 Å². The SMILES string of the molecule is NC[C@H](c1ccc(C[C@@H](OC(=O)C2CCC2)O[N+](=O)[O-])cc1)[C@H](O)Nc1cc2ccncc2s1. The molecule has 34 heavy (non-hydrogen) atoms. The second-order valence-corrected chi connectivity index (χ2v) is 9.31. The first-order valence-corrected chi connectivity index (χ1v) is 11.8. The summed E-state index contributed by atoms with van der Waals surface area (Å²) in [6.45, 7) is 0.200. The Morgan fingerprint density at radius 3 is 2.71 bits per heavy atom. The molecule has 10 nitrogen and oxygen atoms in total. The topological polar surface area (TPSA) is 150 Å². The molecule has 4 rings (SSSR count). The number of anilines is 1. The maximum atomic E-state index is 12.1. The van der Waals surface area contributed by atoms with E-state index in [-0.39, 0.29) is 24.8 Å². The zero-order valence-electron chi connectivity index (χ0n) is 18.3. The molecule has 180 valence electrons. The predicted molar refractivity (Wildman–Crippen MR) is 126 cm³/mol. The molecule has 2 aromatic heterocycles. The van der Waals surface area contributed by atoms with E-state index >= 15 is 0 Å². The van der Waals surface area contributed by atoms with E-state index in [9.17, 15) is 20.0 Å². The number of pyridine rings is 1. The number of aliphatic hydroxyl groups excluding tert-OH is 1. The van der Waals surface area contributed by atoms with Crippen LogP contribution in [0, 0.1) is 16.0 Å². The summed E-state index contributed by atoms with van der Waals surface area (Å²) in [5.74, 6) is -1.07. The molecule has 0 spiro atoms. The van der Waals surface area contributed by atoms with Crippen LogP contribution in [0.15, 0.2) is 48.8 Å². The van der Waals surface area contributed by atoms with Crippen LogP contribution in [0.25, 0.3) is 10.1 Å². The van der Waals surface area contributed by atoms with Crippen LogP contribution in [0.4, 0.5) is 5.00 Å². The van der Waals surface area contributed by atoms with Gasteiger partial charge in [0.2, 0.25) is 0 Å². The quantitative estimate of drug-likeness (QED) is 0.161. The first-order valence-electron chi connectivity index (χ1n) is 11.0. The minimum atomic E-state index is -1.31. The molecule has 0 bridgehead atoms. The molecule has 0 aliphatic heterocycles. The summed E-state index contributed by atoms with van der Waals surface area (Å²) in [5.41, 5.74) is 7.44. The van der Waals surface area contributed by atoms with Crippen LogP contribution in [0.1, 0.15) is 36.3 Å². The summed E-state index contributed by atoms with van der Waals surface area (Å²) in [6, 6.07) is 10.9. The molecule has 0 radical (unpaired) electrons. The molecular formula is C23H26N4O6S. The Balaban J connectivity index is 1.40. The lowest BCUT2D eigenvalue weighted by atomic mass is 9.86. The molecule has 0 saturated heterocycles. The second kappa shape index (κ2) is 10.8. The van der Waals surface area contributed by atoms with Crippen LogP contribution in [-0.2, 0) is 20.8 Å². The van der Waals surface area contributed by atoms with Crippen molar-refractivity contribution in [2.45, 2.75) is 44.1 Å². The minimum absolute atomic E-state index is 0.0314. The van der Waals surface area contributed by atoms with Crippen LogP contribution in [-0.4, -0.2) is 40.2 Å². The Hall–Kier alpha value is -3.28. The molecule has 3 aromatic rings. The third-order valence-electron chi connectivity index (χ3n) is 5.95. The first-order chi connectivity index (χ1) is 16.4. The van der Waals surface area contributed by atoms with Crippen molar-refractivity contribution in [1.29, 1.82) is 0 Å². The number of nitrogens with zero attached hydrogens (tertiary/aromatic N) is 2. The highest BCUT2D eigenvalue weighted by molar-refractivity contribution is 7.22. The Kier molecular flexibility index (Phi) is 7.56. The number of hydrogen-bond acceptors (Lipinski definition) is 10. The molecule has 4 N–H and O–H groups in total. The van der Waals surface area contributed by atoms with Gasteiger partial charge in [-0.2, -0.15) is 0 Å². The molecule has 1 aliphatic rings. The van der Waals surface area contributed by atoms with Crippen molar-refractivity contribution in [1.82, 2.24) is 4.98 Å². The van der Waals surface area contributed by atoms with E-state index in [1.54, 1.807) is 36.7 Å². The summed E-state index contributed by atoms with van der Waals surface area (Å²) in [7, 11) is 0.